The molecule has 3 N–H and O–H groups in total. The second-order valence-electron chi connectivity index (χ2n) is 4.12. The molecule has 106 valence electrons. The number of benzene rings is 1. The van der Waals surface area contributed by atoms with Crippen LogP contribution >= 0.6 is 0 Å². The summed E-state index contributed by atoms with van der Waals surface area (Å²) in [5.74, 6) is -9.17. The van der Waals surface area contributed by atoms with Gasteiger partial charge in [-0.2, -0.15) is 8.78 Å². The van der Waals surface area contributed by atoms with E-state index in [1.165, 1.54) is 0 Å². The van der Waals surface area contributed by atoms with E-state index in [9.17, 15) is 22.4 Å². The van der Waals surface area contributed by atoms with Crippen LogP contribution in [-0.2, 0) is 4.79 Å². The van der Waals surface area contributed by atoms with E-state index in [1.807, 2.05) is 0 Å². The van der Waals surface area contributed by atoms with E-state index in [0.29, 0.717) is 0 Å². The van der Waals surface area contributed by atoms with Gasteiger partial charge in [-0.3, -0.25) is 4.79 Å². The fourth-order valence-electron chi connectivity index (χ4n) is 1.15. The van der Waals surface area contributed by atoms with Gasteiger partial charge in [-0.15, -0.1) is 0 Å². The van der Waals surface area contributed by atoms with Crippen LogP contribution in [0.3, 0.4) is 0 Å². The lowest BCUT2D eigenvalue weighted by atomic mass is 10.0. The fraction of sp³-hybridized carbons (Fsp3) is 0.364. The van der Waals surface area contributed by atoms with Crippen LogP contribution in [0.2, 0.25) is 0 Å². The van der Waals surface area contributed by atoms with E-state index in [4.69, 9.17) is 10.8 Å². The summed E-state index contributed by atoms with van der Waals surface area (Å²) in [6.07, 6.45) is -0.306. The largest absolute Gasteiger partial charge is 0.487 e. The van der Waals surface area contributed by atoms with E-state index in [0.717, 1.165) is 6.92 Å². The van der Waals surface area contributed by atoms with Gasteiger partial charge >= 0.3 is 5.97 Å². The number of carboxylic acids is 1. The molecule has 4 nitrogen and oxygen atoms in total. The molecule has 1 aromatic rings. The van der Waals surface area contributed by atoms with Crippen molar-refractivity contribution in [2.45, 2.75) is 18.9 Å². The number of ether oxygens (including phenoxy) is 1. The van der Waals surface area contributed by atoms with Crippen LogP contribution in [-0.4, -0.2) is 23.2 Å². The zero-order valence-corrected chi connectivity index (χ0v) is 9.84. The molecule has 0 bridgehead atoms. The van der Waals surface area contributed by atoms with Crippen molar-refractivity contribution in [3.63, 3.8) is 0 Å². The zero-order chi connectivity index (χ0) is 14.8. The van der Waals surface area contributed by atoms with Crippen LogP contribution in [0.4, 0.5) is 17.6 Å². The first kappa shape index (κ1) is 15.2. The van der Waals surface area contributed by atoms with E-state index >= 15 is 0 Å². The van der Waals surface area contributed by atoms with Gasteiger partial charge in [0.2, 0.25) is 11.6 Å². The molecule has 0 amide bonds. The molecule has 0 aliphatic carbocycles. The van der Waals surface area contributed by atoms with Crippen molar-refractivity contribution in [3.8, 4) is 5.75 Å². The van der Waals surface area contributed by atoms with Crippen molar-refractivity contribution in [1.29, 1.82) is 0 Å². The van der Waals surface area contributed by atoms with Crippen molar-refractivity contribution >= 4 is 5.97 Å². The Balaban J connectivity index is 2.82. The molecule has 19 heavy (non-hydrogen) atoms. The molecule has 1 rings (SSSR count). The molecular formula is C11H11F4NO3. The molecular weight excluding hydrogens is 270 g/mol. The first-order valence-electron chi connectivity index (χ1n) is 5.15. The Labute approximate surface area is 105 Å². The molecule has 0 heterocycles. The maximum atomic E-state index is 13.2. The number of halogens is 4. The Hall–Kier alpha value is -1.83. The highest BCUT2D eigenvalue weighted by Gasteiger charge is 2.28. The lowest BCUT2D eigenvalue weighted by Crippen LogP contribution is -2.46. The van der Waals surface area contributed by atoms with Crippen LogP contribution < -0.4 is 10.5 Å². The summed E-state index contributed by atoms with van der Waals surface area (Å²) in [6, 6.07) is 0.0435. The smallest absolute Gasteiger partial charge is 0.323 e. The third kappa shape index (κ3) is 3.34. The Morgan fingerprint density at radius 3 is 2.21 bits per heavy atom. The number of hydrogen-bond acceptors (Lipinski definition) is 3. The van der Waals surface area contributed by atoms with E-state index in [1.54, 1.807) is 0 Å². The van der Waals surface area contributed by atoms with Crippen molar-refractivity contribution in [2.75, 3.05) is 6.61 Å². The van der Waals surface area contributed by atoms with Crippen LogP contribution in [0, 0.1) is 23.3 Å². The third-order valence-corrected chi connectivity index (χ3v) is 2.43. The second-order valence-corrected chi connectivity index (χ2v) is 4.12. The van der Waals surface area contributed by atoms with Gasteiger partial charge in [-0.25, -0.2) is 8.78 Å². The Kier molecular flexibility index (Phi) is 4.35. The Bertz CT molecular complexity index is 479. The van der Waals surface area contributed by atoms with Crippen molar-refractivity contribution < 1.29 is 32.2 Å². The van der Waals surface area contributed by atoms with Gasteiger partial charge in [-0.05, 0) is 6.92 Å². The quantitative estimate of drug-likeness (QED) is 0.638. The highest BCUT2D eigenvalue weighted by molar-refractivity contribution is 5.77. The first-order valence-corrected chi connectivity index (χ1v) is 5.15. The molecule has 8 heteroatoms. The van der Waals surface area contributed by atoms with Gasteiger partial charge in [0.15, 0.2) is 17.4 Å². The van der Waals surface area contributed by atoms with E-state index < -0.39 is 47.1 Å². The lowest BCUT2D eigenvalue weighted by Gasteiger charge is -2.19. The SMILES string of the molecule is CC(N)(CCOc1c(F)c(F)cc(F)c1F)C(=O)O. The number of rotatable bonds is 5. The standard InChI is InChI=1S/C11H11F4NO3/c1-11(16,10(17)18)2-3-19-9-7(14)5(12)4-6(13)8(9)15/h4H,2-3,16H2,1H3,(H,17,18). The van der Waals surface area contributed by atoms with Crippen molar-refractivity contribution in [3.05, 3.63) is 29.3 Å². The zero-order valence-electron chi connectivity index (χ0n) is 9.84. The Morgan fingerprint density at radius 2 is 1.79 bits per heavy atom. The predicted molar refractivity (Wildman–Crippen MR) is 56.6 cm³/mol. The molecule has 0 radical (unpaired) electrons. The highest BCUT2D eigenvalue weighted by Crippen LogP contribution is 2.26. The van der Waals surface area contributed by atoms with Crippen LogP contribution in [0.15, 0.2) is 6.07 Å². The topological polar surface area (TPSA) is 72.5 Å². The molecule has 0 saturated heterocycles. The first-order chi connectivity index (χ1) is 8.66. The molecule has 1 aromatic carbocycles. The minimum Gasteiger partial charge on any atom is -0.487 e. The number of carboxylic acid groups (broad SMARTS) is 1. The Morgan fingerprint density at radius 1 is 1.32 bits per heavy atom. The van der Waals surface area contributed by atoms with Gasteiger partial charge in [0.1, 0.15) is 5.54 Å². The summed E-state index contributed by atoms with van der Waals surface area (Å²) in [5.41, 5.74) is 3.66. The predicted octanol–water partition coefficient (Wildman–Crippen LogP) is 1.81. The summed E-state index contributed by atoms with van der Waals surface area (Å²) in [6.45, 7) is 0.646. The molecule has 0 saturated carbocycles. The van der Waals surface area contributed by atoms with Gasteiger partial charge < -0.3 is 15.6 Å². The number of hydrogen-bond donors (Lipinski definition) is 2. The normalized spacial score (nSPS) is 14.0. The molecule has 0 aliphatic rings. The van der Waals surface area contributed by atoms with E-state index in [-0.39, 0.29) is 12.5 Å². The second kappa shape index (κ2) is 5.43. The van der Waals surface area contributed by atoms with Gasteiger partial charge in [0, 0.05) is 12.5 Å². The maximum absolute atomic E-state index is 13.2. The fourth-order valence-corrected chi connectivity index (χ4v) is 1.15. The highest BCUT2D eigenvalue weighted by atomic mass is 19.2. The van der Waals surface area contributed by atoms with Gasteiger partial charge in [0.05, 0.1) is 6.61 Å². The molecule has 0 fully saturated rings. The lowest BCUT2D eigenvalue weighted by molar-refractivity contribution is -0.143. The molecule has 1 atom stereocenters. The number of aliphatic carboxylic acids is 1. The average Bonchev–Trinajstić information content (AvgIpc) is 2.31. The third-order valence-electron chi connectivity index (χ3n) is 2.43. The summed E-state index contributed by atoms with van der Waals surface area (Å²) >= 11 is 0. The number of nitrogens with two attached hydrogens (primary N) is 1. The minimum absolute atomic E-state index is 0.0435. The van der Waals surface area contributed by atoms with Crippen molar-refractivity contribution in [1.82, 2.24) is 0 Å². The molecule has 0 aromatic heterocycles. The summed E-state index contributed by atoms with van der Waals surface area (Å²) < 4.78 is 56.5. The molecule has 0 aliphatic heterocycles. The van der Waals surface area contributed by atoms with Crippen molar-refractivity contribution in [2.24, 2.45) is 5.73 Å². The molecule has 1 unspecified atom stereocenters. The van der Waals surface area contributed by atoms with Gasteiger partial charge in [0.25, 0.3) is 0 Å². The number of carbonyl (C=O) groups is 1. The summed E-state index contributed by atoms with van der Waals surface area (Å²) in [5, 5.41) is 8.69. The van der Waals surface area contributed by atoms with Crippen LogP contribution in [0.1, 0.15) is 13.3 Å². The average molecular weight is 281 g/mol. The maximum Gasteiger partial charge on any atom is 0.323 e. The van der Waals surface area contributed by atoms with E-state index in [2.05, 4.69) is 4.74 Å². The monoisotopic (exact) mass is 281 g/mol. The molecule has 0 spiro atoms. The summed E-state index contributed by atoms with van der Waals surface area (Å²) in [4.78, 5) is 10.7. The van der Waals surface area contributed by atoms with Crippen LogP contribution in [0.25, 0.3) is 0 Å². The summed E-state index contributed by atoms with van der Waals surface area (Å²) in [7, 11) is 0. The minimum atomic E-state index is -1.69. The van der Waals surface area contributed by atoms with Gasteiger partial charge in [-0.1, -0.05) is 0 Å². The van der Waals surface area contributed by atoms with Crippen LogP contribution in [0.5, 0.6) is 5.75 Å².